The molecule has 5 heteroatoms. The van der Waals surface area contributed by atoms with Crippen LogP contribution in [-0.4, -0.2) is 43.9 Å². The molecule has 0 bridgehead atoms. The quantitative estimate of drug-likeness (QED) is 0.804. The van der Waals surface area contributed by atoms with Crippen molar-refractivity contribution in [3.05, 3.63) is 23.8 Å². The van der Waals surface area contributed by atoms with Crippen molar-refractivity contribution in [1.82, 2.24) is 4.90 Å². The summed E-state index contributed by atoms with van der Waals surface area (Å²) in [5.74, 6) is 0.370. The Morgan fingerprint density at radius 2 is 1.81 bits per heavy atom. The number of hydrogen-bond acceptors (Lipinski definition) is 3. The van der Waals surface area contributed by atoms with E-state index in [0.29, 0.717) is 23.6 Å². The smallest absolute Gasteiger partial charge is 0.256 e. The van der Waals surface area contributed by atoms with Crippen LogP contribution in [-0.2, 0) is 4.79 Å². The summed E-state index contributed by atoms with van der Waals surface area (Å²) >= 11 is 0. The van der Waals surface area contributed by atoms with E-state index in [4.69, 9.17) is 0 Å². The molecule has 1 heterocycles. The van der Waals surface area contributed by atoms with E-state index in [1.54, 1.807) is 0 Å². The minimum atomic E-state index is 0.00363. The summed E-state index contributed by atoms with van der Waals surface area (Å²) < 4.78 is 0. The maximum Gasteiger partial charge on any atom is 0.256 e. The van der Waals surface area contributed by atoms with Crippen molar-refractivity contribution in [2.24, 2.45) is 11.3 Å². The first-order valence-electron chi connectivity index (χ1n) is 9.97. The van der Waals surface area contributed by atoms with E-state index in [-0.39, 0.29) is 17.2 Å². The van der Waals surface area contributed by atoms with E-state index in [2.05, 4.69) is 33.0 Å². The number of nitrogens with one attached hydrogen (secondary N) is 1. The average molecular weight is 374 g/mol. The minimum absolute atomic E-state index is 0.00363. The van der Waals surface area contributed by atoms with Gasteiger partial charge in [0.2, 0.25) is 5.91 Å². The van der Waals surface area contributed by atoms with Gasteiger partial charge < -0.3 is 15.1 Å². The monoisotopic (exact) mass is 373 g/mol. The summed E-state index contributed by atoms with van der Waals surface area (Å²) in [4.78, 5) is 29.2. The Hall–Kier alpha value is -2.04. The van der Waals surface area contributed by atoms with E-state index in [1.165, 1.54) is 0 Å². The molecule has 0 aromatic heterocycles. The van der Waals surface area contributed by atoms with Crippen molar-refractivity contribution >= 4 is 23.2 Å². The highest BCUT2D eigenvalue weighted by Gasteiger charge is 2.23. The number of rotatable bonds is 6. The van der Waals surface area contributed by atoms with Gasteiger partial charge in [0, 0.05) is 45.0 Å². The Labute approximate surface area is 164 Å². The predicted molar refractivity (Wildman–Crippen MR) is 112 cm³/mol. The van der Waals surface area contributed by atoms with Crippen LogP contribution in [0.3, 0.4) is 0 Å². The van der Waals surface area contributed by atoms with Gasteiger partial charge in [0.05, 0.1) is 5.56 Å². The van der Waals surface area contributed by atoms with E-state index in [9.17, 15) is 9.59 Å². The summed E-state index contributed by atoms with van der Waals surface area (Å²) in [5, 5.41) is 2.98. The summed E-state index contributed by atoms with van der Waals surface area (Å²) in [6.45, 7) is 10.3. The maximum absolute atomic E-state index is 12.9. The molecule has 1 fully saturated rings. The van der Waals surface area contributed by atoms with E-state index in [0.717, 1.165) is 38.0 Å². The van der Waals surface area contributed by atoms with Crippen LogP contribution >= 0.6 is 0 Å². The van der Waals surface area contributed by atoms with Crippen LogP contribution in [0.15, 0.2) is 18.2 Å². The molecule has 1 aromatic rings. The second-order valence-electron chi connectivity index (χ2n) is 9.25. The lowest BCUT2D eigenvalue weighted by molar-refractivity contribution is -0.117. The first-order chi connectivity index (χ1) is 12.6. The molecule has 1 aromatic carbocycles. The van der Waals surface area contributed by atoms with Crippen LogP contribution in [0.25, 0.3) is 0 Å². The topological polar surface area (TPSA) is 52.7 Å². The van der Waals surface area contributed by atoms with Crippen LogP contribution in [0.5, 0.6) is 0 Å². The fraction of sp³-hybridized carbons (Fsp3) is 0.636. The number of carbonyl (C=O) groups excluding carboxylic acids is 2. The number of benzene rings is 1. The van der Waals surface area contributed by atoms with Gasteiger partial charge >= 0.3 is 0 Å². The summed E-state index contributed by atoms with van der Waals surface area (Å²) in [6.07, 6.45) is 3.61. The van der Waals surface area contributed by atoms with Crippen molar-refractivity contribution in [3.63, 3.8) is 0 Å². The van der Waals surface area contributed by atoms with Crippen molar-refractivity contribution < 1.29 is 9.59 Å². The van der Waals surface area contributed by atoms with Crippen molar-refractivity contribution in [3.8, 4) is 0 Å². The lowest BCUT2D eigenvalue weighted by Gasteiger charge is -2.23. The zero-order chi connectivity index (χ0) is 20.2. The van der Waals surface area contributed by atoms with Gasteiger partial charge in [0.15, 0.2) is 0 Å². The molecule has 1 N–H and O–H groups in total. The molecule has 0 saturated carbocycles. The lowest BCUT2D eigenvalue weighted by Crippen LogP contribution is -2.29. The number of likely N-dealkylation sites (tertiary alicyclic amines) is 1. The molecule has 0 spiro atoms. The SMILES string of the molecule is CC(CC(=O)Nc1ccc(N(C)C)c(C(=O)N2CCCC2)c1)CC(C)(C)C. The van der Waals surface area contributed by atoms with Crippen LogP contribution in [0.1, 0.15) is 63.7 Å². The molecular formula is C22H35N3O2. The standard InChI is InChI=1S/C22H35N3O2/c1-16(15-22(2,3)4)13-20(26)23-17-9-10-19(24(5)6)18(14-17)21(27)25-11-7-8-12-25/h9-10,14,16H,7-8,11-13,15H2,1-6H3,(H,23,26). The Bertz CT molecular complexity index is 671. The first kappa shape index (κ1) is 21.3. The molecule has 1 unspecified atom stereocenters. The third kappa shape index (κ3) is 6.26. The van der Waals surface area contributed by atoms with Gasteiger partial charge in [-0.25, -0.2) is 0 Å². The van der Waals surface area contributed by atoms with Crippen molar-refractivity contribution in [2.45, 2.75) is 53.4 Å². The predicted octanol–water partition coefficient (Wildman–Crippen LogP) is 4.39. The average Bonchev–Trinajstić information content (AvgIpc) is 3.06. The summed E-state index contributed by atoms with van der Waals surface area (Å²) in [7, 11) is 3.87. The molecule has 1 aliphatic heterocycles. The molecule has 150 valence electrons. The summed E-state index contributed by atoms with van der Waals surface area (Å²) in [5.41, 5.74) is 2.44. The third-order valence-electron chi connectivity index (χ3n) is 4.88. The number of nitrogens with zero attached hydrogens (tertiary/aromatic N) is 2. The van der Waals surface area contributed by atoms with Crippen molar-refractivity contribution in [1.29, 1.82) is 0 Å². The minimum Gasteiger partial charge on any atom is -0.377 e. The Balaban J connectivity index is 2.12. The number of anilines is 2. The molecule has 5 nitrogen and oxygen atoms in total. The van der Waals surface area contributed by atoms with Crippen LogP contribution in [0.4, 0.5) is 11.4 Å². The Morgan fingerprint density at radius 1 is 1.19 bits per heavy atom. The van der Waals surface area contributed by atoms with Gasteiger partial charge in [-0.2, -0.15) is 0 Å². The fourth-order valence-electron chi connectivity index (χ4n) is 3.91. The highest BCUT2D eigenvalue weighted by Crippen LogP contribution is 2.28. The van der Waals surface area contributed by atoms with Gasteiger partial charge in [-0.1, -0.05) is 27.7 Å². The molecule has 2 amide bonds. The van der Waals surface area contributed by atoms with Gasteiger partial charge in [-0.05, 0) is 48.8 Å². The highest BCUT2D eigenvalue weighted by molar-refractivity contribution is 6.02. The second-order valence-corrected chi connectivity index (χ2v) is 9.25. The van der Waals surface area contributed by atoms with Crippen molar-refractivity contribution in [2.75, 3.05) is 37.4 Å². The zero-order valence-corrected chi connectivity index (χ0v) is 17.8. The molecule has 0 radical (unpaired) electrons. The largest absolute Gasteiger partial charge is 0.377 e. The molecule has 2 rings (SSSR count). The molecule has 1 atom stereocenters. The van der Waals surface area contributed by atoms with Crippen LogP contribution in [0, 0.1) is 11.3 Å². The van der Waals surface area contributed by atoms with Gasteiger partial charge in [-0.3, -0.25) is 9.59 Å². The lowest BCUT2D eigenvalue weighted by atomic mass is 9.84. The van der Waals surface area contributed by atoms with E-state index in [1.807, 2.05) is 42.1 Å². The van der Waals surface area contributed by atoms with Crippen LogP contribution < -0.4 is 10.2 Å². The Kier molecular flexibility index (Phi) is 6.90. The van der Waals surface area contributed by atoms with Crippen LogP contribution in [0.2, 0.25) is 0 Å². The maximum atomic E-state index is 12.9. The van der Waals surface area contributed by atoms with Gasteiger partial charge in [0.25, 0.3) is 5.91 Å². The number of carbonyl (C=O) groups is 2. The first-order valence-corrected chi connectivity index (χ1v) is 9.97. The normalized spacial score (nSPS) is 15.6. The fourth-order valence-corrected chi connectivity index (χ4v) is 3.91. The highest BCUT2D eigenvalue weighted by atomic mass is 16.2. The second kappa shape index (κ2) is 8.77. The molecule has 1 saturated heterocycles. The molecule has 1 aliphatic rings. The van der Waals surface area contributed by atoms with Gasteiger partial charge in [0.1, 0.15) is 0 Å². The van der Waals surface area contributed by atoms with Gasteiger partial charge in [-0.15, -0.1) is 0 Å². The molecule has 0 aliphatic carbocycles. The van der Waals surface area contributed by atoms with E-state index < -0.39 is 0 Å². The molecular weight excluding hydrogens is 338 g/mol. The molecule has 27 heavy (non-hydrogen) atoms. The number of amides is 2. The zero-order valence-electron chi connectivity index (χ0n) is 17.8. The Morgan fingerprint density at radius 3 is 2.37 bits per heavy atom. The third-order valence-corrected chi connectivity index (χ3v) is 4.88. The summed E-state index contributed by atoms with van der Waals surface area (Å²) in [6, 6.07) is 5.61. The number of hydrogen-bond donors (Lipinski definition) is 1. The van der Waals surface area contributed by atoms with E-state index >= 15 is 0 Å².